The molecular formula is C19H23N3O3. The highest BCUT2D eigenvalue weighted by Crippen LogP contribution is 2.38. The number of anilines is 3. The van der Waals surface area contributed by atoms with Gasteiger partial charge >= 0.3 is 0 Å². The molecule has 1 aliphatic heterocycles. The number of hydrogen-bond donors (Lipinski definition) is 2. The summed E-state index contributed by atoms with van der Waals surface area (Å²) >= 11 is 0. The summed E-state index contributed by atoms with van der Waals surface area (Å²) in [4.78, 5) is 38.3. The van der Waals surface area contributed by atoms with Gasteiger partial charge in [-0.1, -0.05) is 0 Å². The molecule has 3 aliphatic rings. The lowest BCUT2D eigenvalue weighted by atomic mass is 10.1. The number of amides is 3. The summed E-state index contributed by atoms with van der Waals surface area (Å²) in [5.41, 5.74) is 2.95. The fourth-order valence-electron chi connectivity index (χ4n) is 3.21. The summed E-state index contributed by atoms with van der Waals surface area (Å²) in [5.74, 6) is 0.302. The molecule has 0 atom stereocenters. The Kier molecular flexibility index (Phi) is 3.98. The van der Waals surface area contributed by atoms with Gasteiger partial charge in [-0.05, 0) is 56.7 Å². The van der Waals surface area contributed by atoms with Gasteiger partial charge in [0.2, 0.25) is 17.7 Å². The number of hydrogen-bond acceptors (Lipinski definition) is 3. The molecule has 1 heterocycles. The molecule has 0 unspecified atom stereocenters. The van der Waals surface area contributed by atoms with E-state index in [4.69, 9.17) is 0 Å². The Bertz CT molecular complexity index is 751. The van der Waals surface area contributed by atoms with Gasteiger partial charge in [-0.3, -0.25) is 14.4 Å². The lowest BCUT2D eigenvalue weighted by Crippen LogP contribution is -2.26. The molecule has 3 amide bonds. The molecule has 2 N–H and O–H groups in total. The average molecular weight is 341 g/mol. The molecule has 0 radical (unpaired) electrons. The number of carbonyl (C=O) groups is 3. The summed E-state index contributed by atoms with van der Waals surface area (Å²) in [6, 6.07) is 3.70. The van der Waals surface area contributed by atoms with E-state index in [9.17, 15) is 14.4 Å². The van der Waals surface area contributed by atoms with Crippen LogP contribution in [0.5, 0.6) is 0 Å². The van der Waals surface area contributed by atoms with Gasteiger partial charge in [-0.15, -0.1) is 0 Å². The molecule has 3 fully saturated rings. The van der Waals surface area contributed by atoms with Crippen LogP contribution in [0, 0.1) is 18.8 Å². The van der Waals surface area contributed by atoms with Crippen molar-refractivity contribution in [2.75, 3.05) is 22.1 Å². The van der Waals surface area contributed by atoms with Crippen molar-refractivity contribution in [2.24, 2.45) is 11.8 Å². The topological polar surface area (TPSA) is 78.5 Å². The summed E-state index contributed by atoms with van der Waals surface area (Å²) in [7, 11) is 0. The van der Waals surface area contributed by atoms with Crippen LogP contribution in [0.25, 0.3) is 0 Å². The maximum Gasteiger partial charge on any atom is 0.227 e. The minimum Gasteiger partial charge on any atom is -0.326 e. The van der Waals surface area contributed by atoms with Crippen LogP contribution >= 0.6 is 0 Å². The van der Waals surface area contributed by atoms with Crippen LogP contribution < -0.4 is 15.5 Å². The van der Waals surface area contributed by atoms with Crippen molar-refractivity contribution in [3.63, 3.8) is 0 Å². The number of aryl methyl sites for hydroxylation is 1. The summed E-state index contributed by atoms with van der Waals surface area (Å²) in [6.45, 7) is 2.58. The minimum atomic E-state index is -0.00350. The van der Waals surface area contributed by atoms with Crippen molar-refractivity contribution in [1.29, 1.82) is 0 Å². The summed E-state index contributed by atoms with van der Waals surface area (Å²) in [5, 5.41) is 5.94. The van der Waals surface area contributed by atoms with Gasteiger partial charge < -0.3 is 15.5 Å². The van der Waals surface area contributed by atoms with Crippen molar-refractivity contribution < 1.29 is 14.4 Å². The van der Waals surface area contributed by atoms with E-state index in [1.807, 2.05) is 13.0 Å². The smallest absolute Gasteiger partial charge is 0.227 e. The predicted octanol–water partition coefficient (Wildman–Crippen LogP) is 2.82. The standard InChI is InChI=1S/C19H23N3O3/c1-11-9-16(22-8-2-3-17(22)23)15(21-19(25)13-6-7-13)10-14(11)20-18(24)12-4-5-12/h9-10,12-13H,2-8H2,1H3,(H,20,24)(H,21,25). The van der Waals surface area contributed by atoms with Gasteiger partial charge in [0.15, 0.2) is 0 Å². The Morgan fingerprint density at radius 2 is 1.60 bits per heavy atom. The Balaban J connectivity index is 1.65. The molecule has 0 spiro atoms. The molecule has 25 heavy (non-hydrogen) atoms. The zero-order valence-corrected chi connectivity index (χ0v) is 14.4. The largest absolute Gasteiger partial charge is 0.326 e. The third-order valence-corrected chi connectivity index (χ3v) is 5.12. The number of rotatable bonds is 5. The van der Waals surface area contributed by atoms with Crippen LogP contribution in [-0.4, -0.2) is 24.3 Å². The van der Waals surface area contributed by atoms with Crippen LogP contribution in [0.3, 0.4) is 0 Å². The fraction of sp³-hybridized carbons (Fsp3) is 0.526. The molecule has 1 aromatic rings. The van der Waals surface area contributed by atoms with Gasteiger partial charge in [0.05, 0.1) is 11.4 Å². The second-order valence-electron chi connectivity index (χ2n) is 7.36. The van der Waals surface area contributed by atoms with E-state index in [-0.39, 0.29) is 29.6 Å². The van der Waals surface area contributed by atoms with Crippen molar-refractivity contribution in [3.8, 4) is 0 Å². The third-order valence-electron chi connectivity index (χ3n) is 5.12. The van der Waals surface area contributed by atoms with E-state index >= 15 is 0 Å². The molecule has 2 aliphatic carbocycles. The van der Waals surface area contributed by atoms with Crippen molar-refractivity contribution >= 4 is 34.8 Å². The van der Waals surface area contributed by atoms with Crippen LogP contribution in [-0.2, 0) is 14.4 Å². The molecule has 0 bridgehead atoms. The zero-order chi connectivity index (χ0) is 17.6. The van der Waals surface area contributed by atoms with E-state index in [1.165, 1.54) is 0 Å². The lowest BCUT2D eigenvalue weighted by Gasteiger charge is -2.22. The van der Waals surface area contributed by atoms with Crippen LogP contribution in [0.1, 0.15) is 44.1 Å². The average Bonchev–Trinajstić information content (AvgIpc) is 3.47. The molecule has 132 valence electrons. The van der Waals surface area contributed by atoms with Gasteiger partial charge in [0, 0.05) is 30.5 Å². The minimum absolute atomic E-state index is 0.00350. The summed E-state index contributed by atoms with van der Waals surface area (Å²) in [6.07, 6.45) is 5.08. The number of carbonyl (C=O) groups excluding carboxylic acids is 3. The lowest BCUT2D eigenvalue weighted by molar-refractivity contribution is -0.118. The first kappa shape index (κ1) is 16.1. The molecule has 6 heteroatoms. The first-order chi connectivity index (χ1) is 12.0. The highest BCUT2D eigenvalue weighted by atomic mass is 16.2. The first-order valence-corrected chi connectivity index (χ1v) is 9.09. The molecular weight excluding hydrogens is 318 g/mol. The normalized spacial score (nSPS) is 19.9. The van der Waals surface area contributed by atoms with E-state index in [0.717, 1.165) is 43.4 Å². The van der Waals surface area contributed by atoms with E-state index in [2.05, 4.69) is 10.6 Å². The van der Waals surface area contributed by atoms with Crippen molar-refractivity contribution in [1.82, 2.24) is 0 Å². The molecule has 4 rings (SSSR count). The van der Waals surface area contributed by atoms with Crippen molar-refractivity contribution in [3.05, 3.63) is 17.7 Å². The Labute approximate surface area is 147 Å². The molecule has 6 nitrogen and oxygen atoms in total. The Hall–Kier alpha value is -2.37. The predicted molar refractivity (Wildman–Crippen MR) is 95.5 cm³/mol. The zero-order valence-electron chi connectivity index (χ0n) is 14.4. The third kappa shape index (κ3) is 3.38. The number of nitrogens with one attached hydrogen (secondary N) is 2. The fourth-order valence-corrected chi connectivity index (χ4v) is 3.21. The second kappa shape index (κ2) is 6.17. The second-order valence-corrected chi connectivity index (χ2v) is 7.36. The quantitative estimate of drug-likeness (QED) is 0.864. The monoisotopic (exact) mass is 341 g/mol. The maximum atomic E-state index is 12.3. The van der Waals surface area contributed by atoms with Crippen molar-refractivity contribution in [2.45, 2.75) is 45.4 Å². The Morgan fingerprint density at radius 3 is 2.12 bits per heavy atom. The number of nitrogens with zero attached hydrogens (tertiary/aromatic N) is 1. The highest BCUT2D eigenvalue weighted by molar-refractivity contribution is 6.05. The molecule has 0 aromatic heterocycles. The number of benzene rings is 1. The van der Waals surface area contributed by atoms with E-state index < -0.39 is 0 Å². The van der Waals surface area contributed by atoms with Gasteiger partial charge in [-0.25, -0.2) is 0 Å². The summed E-state index contributed by atoms with van der Waals surface area (Å²) < 4.78 is 0. The van der Waals surface area contributed by atoms with E-state index in [1.54, 1.807) is 11.0 Å². The molecule has 2 saturated carbocycles. The molecule has 1 aromatic carbocycles. The highest BCUT2D eigenvalue weighted by Gasteiger charge is 2.33. The SMILES string of the molecule is Cc1cc(N2CCCC2=O)c(NC(=O)C2CC2)cc1NC(=O)C1CC1. The Morgan fingerprint density at radius 1 is 1.00 bits per heavy atom. The van der Waals surface area contributed by atoms with Gasteiger partial charge in [0.25, 0.3) is 0 Å². The van der Waals surface area contributed by atoms with Gasteiger partial charge in [0.1, 0.15) is 0 Å². The van der Waals surface area contributed by atoms with Crippen LogP contribution in [0.4, 0.5) is 17.1 Å². The van der Waals surface area contributed by atoms with Crippen LogP contribution in [0.15, 0.2) is 12.1 Å². The van der Waals surface area contributed by atoms with Crippen LogP contribution in [0.2, 0.25) is 0 Å². The van der Waals surface area contributed by atoms with Gasteiger partial charge in [-0.2, -0.15) is 0 Å². The van der Waals surface area contributed by atoms with E-state index in [0.29, 0.717) is 24.3 Å². The molecule has 1 saturated heterocycles. The first-order valence-electron chi connectivity index (χ1n) is 9.09. The maximum absolute atomic E-state index is 12.3.